The van der Waals surface area contributed by atoms with Crippen LogP contribution < -0.4 is 14.2 Å². The lowest BCUT2D eigenvalue weighted by Crippen LogP contribution is -2.16. The van der Waals surface area contributed by atoms with Gasteiger partial charge in [-0.3, -0.25) is 0 Å². The Kier molecular flexibility index (Phi) is 6.87. The van der Waals surface area contributed by atoms with Crippen LogP contribution in [0.2, 0.25) is 0 Å². The van der Waals surface area contributed by atoms with Crippen molar-refractivity contribution in [3.05, 3.63) is 45.5 Å². The molecule has 0 amide bonds. The van der Waals surface area contributed by atoms with Crippen molar-refractivity contribution in [2.24, 2.45) is 0 Å². The first kappa shape index (κ1) is 23.3. The number of hydrogen-bond donors (Lipinski definition) is 1. The Bertz CT molecular complexity index is 967. The van der Waals surface area contributed by atoms with E-state index in [1.54, 1.807) is 13.0 Å². The maximum Gasteiger partial charge on any atom is 0.420 e. The third kappa shape index (κ3) is 4.46. The lowest BCUT2D eigenvalue weighted by molar-refractivity contribution is -0.139. The van der Waals surface area contributed by atoms with E-state index in [0.29, 0.717) is 11.3 Å². The Morgan fingerprint density at radius 3 is 2.07 bits per heavy atom. The van der Waals surface area contributed by atoms with Crippen molar-refractivity contribution in [3.63, 3.8) is 0 Å². The van der Waals surface area contributed by atoms with E-state index < -0.39 is 34.6 Å². The number of carboxylic acids is 1. The molecule has 0 heterocycles. The Morgan fingerprint density at radius 2 is 1.57 bits per heavy atom. The number of alkyl halides is 3. The van der Waals surface area contributed by atoms with Crippen LogP contribution in [0.3, 0.4) is 0 Å². The minimum absolute atomic E-state index is 0.0758. The molecule has 9 heteroatoms. The molecule has 1 N–H and O–H groups in total. The third-order valence-electron chi connectivity index (χ3n) is 4.81. The highest BCUT2D eigenvalue weighted by atomic mass is 19.4. The van der Waals surface area contributed by atoms with E-state index in [1.807, 2.05) is 0 Å². The zero-order valence-electron chi connectivity index (χ0n) is 17.5. The van der Waals surface area contributed by atoms with Gasteiger partial charge in [-0.1, -0.05) is 0 Å². The molecule has 0 aromatic heterocycles. The summed E-state index contributed by atoms with van der Waals surface area (Å²) >= 11 is 0. The molecule has 0 unspecified atom stereocenters. The normalized spacial score (nSPS) is 11.4. The lowest BCUT2D eigenvalue weighted by atomic mass is 9.92. The monoisotopic (exact) mass is 428 g/mol. The predicted octanol–water partition coefficient (Wildman–Crippen LogP) is 5.42. The number of carboxylic acid groups (broad SMARTS) is 1. The molecule has 2 aromatic carbocycles. The molecule has 0 atom stereocenters. The van der Waals surface area contributed by atoms with Gasteiger partial charge in [0.1, 0.15) is 28.6 Å². The number of ether oxygens (including phenoxy) is 4. The smallest absolute Gasteiger partial charge is 0.420 e. The van der Waals surface area contributed by atoms with Gasteiger partial charge in [0.25, 0.3) is 0 Å². The van der Waals surface area contributed by atoms with Crippen LogP contribution in [-0.4, -0.2) is 32.1 Å². The van der Waals surface area contributed by atoms with E-state index >= 15 is 0 Å². The number of rotatable bonds is 7. The minimum Gasteiger partial charge on any atom is -0.496 e. The molecule has 2 aromatic rings. The van der Waals surface area contributed by atoms with Crippen LogP contribution >= 0.6 is 0 Å². The van der Waals surface area contributed by atoms with E-state index in [9.17, 15) is 23.1 Å². The Labute approximate surface area is 172 Å². The maximum absolute atomic E-state index is 13.9. The third-order valence-corrected chi connectivity index (χ3v) is 4.81. The van der Waals surface area contributed by atoms with E-state index in [-0.39, 0.29) is 29.4 Å². The van der Waals surface area contributed by atoms with Gasteiger partial charge in [0.15, 0.2) is 6.79 Å². The first-order valence-electron chi connectivity index (χ1n) is 8.86. The van der Waals surface area contributed by atoms with Crippen molar-refractivity contribution in [1.29, 1.82) is 0 Å². The molecule has 0 bridgehead atoms. The highest BCUT2D eigenvalue weighted by Gasteiger charge is 2.40. The van der Waals surface area contributed by atoms with Gasteiger partial charge in [0, 0.05) is 24.8 Å². The van der Waals surface area contributed by atoms with Gasteiger partial charge in [0.05, 0.1) is 12.7 Å². The number of hydrogen-bond acceptors (Lipinski definition) is 5. The van der Waals surface area contributed by atoms with Crippen molar-refractivity contribution in [2.45, 2.75) is 33.9 Å². The molecule has 30 heavy (non-hydrogen) atoms. The molecule has 0 radical (unpaired) electrons. The Morgan fingerprint density at radius 1 is 0.967 bits per heavy atom. The highest BCUT2D eigenvalue weighted by molar-refractivity contribution is 5.92. The van der Waals surface area contributed by atoms with E-state index in [0.717, 1.165) is 6.92 Å². The summed E-state index contributed by atoms with van der Waals surface area (Å²) in [5, 5.41) is 9.42. The van der Waals surface area contributed by atoms with Gasteiger partial charge in [-0.15, -0.1) is 0 Å². The van der Waals surface area contributed by atoms with Crippen LogP contribution in [0.1, 0.15) is 38.2 Å². The summed E-state index contributed by atoms with van der Waals surface area (Å²) in [6.07, 6.45) is -4.83. The maximum atomic E-state index is 13.9. The number of methoxy groups -OCH3 is 2. The number of benzene rings is 2. The van der Waals surface area contributed by atoms with Gasteiger partial charge < -0.3 is 24.1 Å². The zero-order valence-corrected chi connectivity index (χ0v) is 17.5. The molecule has 0 aliphatic carbocycles. The largest absolute Gasteiger partial charge is 0.496 e. The number of carbonyl (C=O) groups is 1. The Balaban J connectivity index is 2.76. The molecular weight excluding hydrogens is 405 g/mol. The summed E-state index contributed by atoms with van der Waals surface area (Å²) in [6.45, 7) is 5.51. The average Bonchev–Trinajstić information content (AvgIpc) is 2.64. The Hall–Kier alpha value is -2.94. The summed E-state index contributed by atoms with van der Waals surface area (Å²) in [5.41, 5.74) is -1.22. The fourth-order valence-electron chi connectivity index (χ4n) is 3.19. The van der Waals surface area contributed by atoms with Crippen LogP contribution in [0.15, 0.2) is 12.1 Å². The van der Waals surface area contributed by atoms with Gasteiger partial charge in [0.2, 0.25) is 0 Å². The average molecular weight is 428 g/mol. The topological polar surface area (TPSA) is 74.2 Å². The zero-order chi connectivity index (χ0) is 22.8. The van der Waals surface area contributed by atoms with Crippen molar-refractivity contribution in [3.8, 4) is 23.0 Å². The quantitative estimate of drug-likeness (QED) is 0.594. The van der Waals surface area contributed by atoms with E-state index in [4.69, 9.17) is 18.9 Å². The fourth-order valence-corrected chi connectivity index (χ4v) is 3.19. The second-order valence-corrected chi connectivity index (χ2v) is 6.66. The fraction of sp³-hybridized carbons (Fsp3) is 0.381. The summed E-state index contributed by atoms with van der Waals surface area (Å²) in [6, 6.07) is 2.98. The number of halogens is 3. The van der Waals surface area contributed by atoms with Crippen LogP contribution in [-0.2, 0) is 10.9 Å². The van der Waals surface area contributed by atoms with E-state index in [1.165, 1.54) is 34.1 Å². The SMILES string of the molecule is COCOc1cc(OC)c(C)c(Oc2c(C)c(C)c(C(=O)O)c(C)c2C(F)(F)F)c1. The molecule has 0 fully saturated rings. The summed E-state index contributed by atoms with van der Waals surface area (Å²) in [5.74, 6) is -1.19. The molecule has 0 aliphatic heterocycles. The molecule has 2 rings (SSSR count). The molecule has 0 saturated carbocycles. The van der Waals surface area contributed by atoms with E-state index in [2.05, 4.69) is 0 Å². The summed E-state index contributed by atoms with van der Waals surface area (Å²) in [4.78, 5) is 11.6. The van der Waals surface area contributed by atoms with Gasteiger partial charge >= 0.3 is 12.1 Å². The molecule has 164 valence electrons. The van der Waals surface area contributed by atoms with Crippen molar-refractivity contribution >= 4 is 5.97 Å². The standard InChI is InChI=1S/C21H23F3O6/c1-10-11(2)19(18(21(22,23)24)13(4)17(10)20(25)26)30-16-8-14(29-9-27-5)7-15(28-6)12(16)3/h7-8H,9H2,1-6H3,(H,25,26). The van der Waals surface area contributed by atoms with Crippen LogP contribution in [0.5, 0.6) is 23.0 Å². The van der Waals surface area contributed by atoms with Crippen LogP contribution in [0, 0.1) is 27.7 Å². The first-order valence-corrected chi connectivity index (χ1v) is 8.86. The van der Waals surface area contributed by atoms with Gasteiger partial charge in [-0.2, -0.15) is 13.2 Å². The van der Waals surface area contributed by atoms with Crippen LogP contribution in [0.25, 0.3) is 0 Å². The van der Waals surface area contributed by atoms with Gasteiger partial charge in [-0.05, 0) is 44.4 Å². The van der Waals surface area contributed by atoms with Crippen molar-refractivity contribution in [1.82, 2.24) is 0 Å². The highest BCUT2D eigenvalue weighted by Crippen LogP contribution is 2.46. The van der Waals surface area contributed by atoms with Crippen LogP contribution in [0.4, 0.5) is 13.2 Å². The second-order valence-electron chi connectivity index (χ2n) is 6.66. The van der Waals surface area contributed by atoms with Crippen molar-refractivity contribution < 1.29 is 42.0 Å². The predicted molar refractivity (Wildman–Crippen MR) is 103 cm³/mol. The molecule has 6 nitrogen and oxygen atoms in total. The minimum atomic E-state index is -4.83. The first-order chi connectivity index (χ1) is 13.9. The second kappa shape index (κ2) is 8.83. The number of aromatic carboxylic acids is 1. The molecule has 0 spiro atoms. The lowest BCUT2D eigenvalue weighted by Gasteiger charge is -2.23. The summed E-state index contributed by atoms with van der Waals surface area (Å²) in [7, 11) is 2.84. The molecular formula is C21H23F3O6. The van der Waals surface area contributed by atoms with Gasteiger partial charge in [-0.25, -0.2) is 4.79 Å². The van der Waals surface area contributed by atoms with Crippen molar-refractivity contribution in [2.75, 3.05) is 21.0 Å². The summed E-state index contributed by atoms with van der Waals surface area (Å²) < 4.78 is 63.0. The molecule has 0 saturated heterocycles. The molecule has 0 aliphatic rings.